The van der Waals surface area contributed by atoms with Gasteiger partial charge in [0.1, 0.15) is 5.82 Å². The first-order valence-electron chi connectivity index (χ1n) is 13.7. The highest BCUT2D eigenvalue weighted by Gasteiger charge is 2.36. The van der Waals surface area contributed by atoms with E-state index in [4.69, 9.17) is 4.74 Å². The summed E-state index contributed by atoms with van der Waals surface area (Å²) in [6, 6.07) is 4.33. The van der Waals surface area contributed by atoms with Crippen molar-refractivity contribution in [2.45, 2.75) is 115 Å². The summed E-state index contributed by atoms with van der Waals surface area (Å²) < 4.78 is 21.2. The molecule has 0 amide bonds. The first-order chi connectivity index (χ1) is 15.7. The van der Waals surface area contributed by atoms with Crippen LogP contribution in [0.5, 0.6) is 0 Å². The van der Waals surface area contributed by atoms with E-state index >= 15 is 4.39 Å². The van der Waals surface area contributed by atoms with E-state index in [0.29, 0.717) is 24.5 Å². The molecule has 0 aromatic heterocycles. The molecule has 5 unspecified atom stereocenters. The molecule has 32 heavy (non-hydrogen) atoms. The van der Waals surface area contributed by atoms with Crippen molar-refractivity contribution in [1.29, 1.82) is 0 Å². The van der Waals surface area contributed by atoms with Gasteiger partial charge >= 0.3 is 0 Å². The van der Waals surface area contributed by atoms with Gasteiger partial charge in [0, 0.05) is 0 Å². The molecule has 0 spiro atoms. The Bertz CT molecular complexity index is 741. The number of halogens is 1. The quantitative estimate of drug-likeness (QED) is 0.261. The lowest BCUT2D eigenvalue weighted by atomic mass is 9.65. The first-order valence-corrected chi connectivity index (χ1v) is 13.7. The van der Waals surface area contributed by atoms with Gasteiger partial charge in [-0.2, -0.15) is 0 Å². The molecule has 0 saturated heterocycles. The summed E-state index contributed by atoms with van der Waals surface area (Å²) in [7, 11) is 0. The van der Waals surface area contributed by atoms with Crippen LogP contribution in [0.3, 0.4) is 0 Å². The van der Waals surface area contributed by atoms with Crippen molar-refractivity contribution in [2.24, 2.45) is 17.8 Å². The number of hydrogen-bond acceptors (Lipinski definition) is 1. The number of hydrogen-bond donors (Lipinski definition) is 0. The van der Waals surface area contributed by atoms with Crippen molar-refractivity contribution in [2.75, 3.05) is 6.61 Å². The second-order valence-corrected chi connectivity index (χ2v) is 11.0. The average molecular weight is 441 g/mol. The van der Waals surface area contributed by atoms with Crippen molar-refractivity contribution in [3.63, 3.8) is 0 Å². The Balaban J connectivity index is 1.32. The van der Waals surface area contributed by atoms with Crippen LogP contribution in [0.4, 0.5) is 4.39 Å². The molecule has 1 aromatic carbocycles. The third-order valence-electron chi connectivity index (χ3n) is 8.83. The van der Waals surface area contributed by atoms with Crippen LogP contribution >= 0.6 is 0 Å². The van der Waals surface area contributed by atoms with Crippen LogP contribution in [-0.4, -0.2) is 12.7 Å². The largest absolute Gasteiger partial charge is 0.374 e. The Labute approximate surface area is 196 Å². The van der Waals surface area contributed by atoms with Crippen LogP contribution in [0.2, 0.25) is 0 Å². The Kier molecular flexibility index (Phi) is 8.86. The summed E-state index contributed by atoms with van der Waals surface area (Å²) in [4.78, 5) is 0. The van der Waals surface area contributed by atoms with Crippen molar-refractivity contribution >= 4 is 0 Å². The number of aryl methyl sites for hydroxylation is 1. The van der Waals surface area contributed by atoms with E-state index < -0.39 is 0 Å². The molecule has 5 atom stereocenters. The fraction of sp³-hybridized carbons (Fsp3) is 0.733. The molecule has 2 saturated carbocycles. The van der Waals surface area contributed by atoms with Crippen LogP contribution < -0.4 is 0 Å². The van der Waals surface area contributed by atoms with E-state index in [0.717, 1.165) is 30.2 Å². The number of fused-ring (bicyclic) bond motifs is 2. The predicted molar refractivity (Wildman–Crippen MR) is 133 cm³/mol. The molecule has 3 aliphatic rings. The lowest BCUT2D eigenvalue weighted by molar-refractivity contribution is -0.00311. The molecule has 0 heterocycles. The summed E-state index contributed by atoms with van der Waals surface area (Å²) in [6.45, 7) is 6.73. The van der Waals surface area contributed by atoms with Crippen LogP contribution in [0, 0.1) is 23.6 Å². The highest BCUT2D eigenvalue weighted by atomic mass is 19.1. The van der Waals surface area contributed by atoms with Gasteiger partial charge in [0.25, 0.3) is 0 Å². The fourth-order valence-electron chi connectivity index (χ4n) is 6.94. The van der Waals surface area contributed by atoms with E-state index in [1.165, 1.54) is 94.6 Å². The molecule has 0 aliphatic heterocycles. The van der Waals surface area contributed by atoms with E-state index in [1.54, 1.807) is 0 Å². The zero-order valence-corrected chi connectivity index (χ0v) is 20.4. The molecule has 0 bridgehead atoms. The van der Waals surface area contributed by atoms with E-state index in [9.17, 15) is 0 Å². The Morgan fingerprint density at radius 1 is 1.00 bits per heavy atom. The van der Waals surface area contributed by atoms with E-state index in [2.05, 4.69) is 19.6 Å². The minimum Gasteiger partial charge on any atom is -0.374 e. The standard InChI is InChI=1S/C30H45FO/c1-3-5-6-7-8-9-22-10-11-26-19-27(21-30(31)29(26)17-22)24-12-13-25-20-28(32-16-4-2)15-14-23(25)18-24/h4,19,21-25,28H,2-3,5-18,20H2,1H3. The summed E-state index contributed by atoms with van der Waals surface area (Å²) in [5.74, 6) is 2.94. The third-order valence-corrected chi connectivity index (χ3v) is 8.83. The summed E-state index contributed by atoms with van der Waals surface area (Å²) in [6.07, 6.45) is 21.0. The van der Waals surface area contributed by atoms with Gasteiger partial charge in [-0.1, -0.05) is 57.6 Å². The Morgan fingerprint density at radius 3 is 2.66 bits per heavy atom. The molecule has 178 valence electrons. The SMILES string of the molecule is C=CCOC1CCC2CC(c3cc(F)c4c(c3)CCC(CCCCCCC)C4)CCC2C1. The highest BCUT2D eigenvalue weighted by molar-refractivity contribution is 5.37. The van der Waals surface area contributed by atoms with E-state index in [1.807, 2.05) is 12.1 Å². The first kappa shape index (κ1) is 24.0. The zero-order chi connectivity index (χ0) is 22.3. The highest BCUT2D eigenvalue weighted by Crippen LogP contribution is 2.47. The zero-order valence-electron chi connectivity index (χ0n) is 20.4. The summed E-state index contributed by atoms with van der Waals surface area (Å²) >= 11 is 0. The van der Waals surface area contributed by atoms with Crippen LogP contribution in [-0.2, 0) is 17.6 Å². The molecule has 4 rings (SSSR count). The van der Waals surface area contributed by atoms with E-state index in [-0.39, 0.29) is 5.82 Å². The van der Waals surface area contributed by atoms with Gasteiger partial charge in [-0.15, -0.1) is 6.58 Å². The molecule has 0 radical (unpaired) electrons. The molecule has 3 aliphatic carbocycles. The van der Waals surface area contributed by atoms with Crippen molar-refractivity contribution in [3.05, 3.63) is 47.3 Å². The smallest absolute Gasteiger partial charge is 0.126 e. The van der Waals surface area contributed by atoms with Crippen molar-refractivity contribution < 1.29 is 9.13 Å². The summed E-state index contributed by atoms with van der Waals surface area (Å²) in [5, 5.41) is 0. The van der Waals surface area contributed by atoms with Gasteiger partial charge in [-0.05, 0) is 104 Å². The fourth-order valence-corrected chi connectivity index (χ4v) is 6.94. The molecule has 2 fully saturated rings. The monoisotopic (exact) mass is 440 g/mol. The number of ether oxygens (including phenoxy) is 1. The van der Waals surface area contributed by atoms with Gasteiger partial charge in [-0.3, -0.25) is 0 Å². The predicted octanol–water partition coefficient (Wildman–Crippen LogP) is 8.55. The lowest BCUT2D eigenvalue weighted by Crippen LogP contribution is -2.34. The summed E-state index contributed by atoms with van der Waals surface area (Å²) in [5.41, 5.74) is 3.67. The Hall–Kier alpha value is -1.15. The van der Waals surface area contributed by atoms with Crippen molar-refractivity contribution in [1.82, 2.24) is 0 Å². The van der Waals surface area contributed by atoms with Gasteiger partial charge in [-0.25, -0.2) is 4.39 Å². The minimum absolute atomic E-state index is 0.0943. The van der Waals surface area contributed by atoms with Gasteiger partial charge in [0.05, 0.1) is 12.7 Å². The van der Waals surface area contributed by atoms with Crippen molar-refractivity contribution in [3.8, 4) is 0 Å². The molecular formula is C30H45FO. The average Bonchev–Trinajstić information content (AvgIpc) is 2.82. The topological polar surface area (TPSA) is 9.23 Å². The number of unbranched alkanes of at least 4 members (excludes halogenated alkanes) is 4. The maximum atomic E-state index is 15.2. The normalized spacial score (nSPS) is 29.9. The van der Waals surface area contributed by atoms with Crippen LogP contribution in [0.25, 0.3) is 0 Å². The number of benzene rings is 1. The third kappa shape index (κ3) is 6.04. The van der Waals surface area contributed by atoms with Gasteiger partial charge in [0.15, 0.2) is 0 Å². The molecule has 1 aromatic rings. The molecule has 0 N–H and O–H groups in total. The second kappa shape index (κ2) is 11.8. The second-order valence-electron chi connectivity index (χ2n) is 11.0. The molecular weight excluding hydrogens is 395 g/mol. The maximum absolute atomic E-state index is 15.2. The maximum Gasteiger partial charge on any atom is 0.126 e. The Morgan fingerprint density at radius 2 is 1.81 bits per heavy atom. The molecule has 1 nitrogen and oxygen atoms in total. The minimum atomic E-state index is 0.0943. The van der Waals surface area contributed by atoms with Crippen LogP contribution in [0.15, 0.2) is 24.8 Å². The van der Waals surface area contributed by atoms with Gasteiger partial charge < -0.3 is 4.74 Å². The van der Waals surface area contributed by atoms with Crippen LogP contribution in [0.1, 0.15) is 113 Å². The number of rotatable bonds is 10. The lowest BCUT2D eigenvalue weighted by Gasteiger charge is -2.42. The van der Waals surface area contributed by atoms with Gasteiger partial charge in [0.2, 0.25) is 0 Å². The molecule has 2 heteroatoms.